The number of ether oxygens (including phenoxy) is 1. The SMILES string of the molecule is CN(C)CCOC(=O)CN1C(=O)SC(=Cc2ccc(Cl)cc2)C1=O. The van der Waals surface area contributed by atoms with Crippen LogP contribution in [0.2, 0.25) is 5.02 Å². The molecule has 24 heavy (non-hydrogen) atoms. The lowest BCUT2D eigenvalue weighted by Gasteiger charge is -2.13. The fourth-order valence-electron chi connectivity index (χ4n) is 1.86. The Labute approximate surface area is 149 Å². The van der Waals surface area contributed by atoms with Crippen molar-refractivity contribution in [3.63, 3.8) is 0 Å². The van der Waals surface area contributed by atoms with Gasteiger partial charge in [0, 0.05) is 11.6 Å². The number of rotatable bonds is 6. The lowest BCUT2D eigenvalue weighted by molar-refractivity contribution is -0.146. The van der Waals surface area contributed by atoms with Crippen molar-refractivity contribution in [2.45, 2.75) is 0 Å². The predicted molar refractivity (Wildman–Crippen MR) is 93.6 cm³/mol. The van der Waals surface area contributed by atoms with Crippen molar-refractivity contribution in [3.05, 3.63) is 39.8 Å². The summed E-state index contributed by atoms with van der Waals surface area (Å²) < 4.78 is 5.01. The molecule has 1 aliphatic heterocycles. The molecule has 8 heteroatoms. The fraction of sp³-hybridized carbons (Fsp3) is 0.312. The van der Waals surface area contributed by atoms with E-state index in [9.17, 15) is 14.4 Å². The third kappa shape index (κ3) is 5.09. The number of carbonyl (C=O) groups excluding carboxylic acids is 3. The predicted octanol–water partition coefficient (Wildman–Crippen LogP) is 2.48. The maximum Gasteiger partial charge on any atom is 0.326 e. The summed E-state index contributed by atoms with van der Waals surface area (Å²) in [6, 6.07) is 6.87. The van der Waals surface area contributed by atoms with Crippen LogP contribution in [0.15, 0.2) is 29.2 Å². The van der Waals surface area contributed by atoms with Crippen LogP contribution in [0.4, 0.5) is 4.79 Å². The molecule has 0 atom stereocenters. The van der Waals surface area contributed by atoms with Crippen LogP contribution in [0, 0.1) is 0 Å². The maximum atomic E-state index is 12.3. The van der Waals surface area contributed by atoms with Crippen LogP contribution in [-0.2, 0) is 14.3 Å². The fourth-order valence-corrected chi connectivity index (χ4v) is 2.83. The summed E-state index contributed by atoms with van der Waals surface area (Å²) in [6.45, 7) is 0.406. The minimum Gasteiger partial charge on any atom is -0.463 e. The summed E-state index contributed by atoms with van der Waals surface area (Å²) in [4.78, 5) is 39.0. The lowest BCUT2D eigenvalue weighted by Crippen LogP contribution is -2.35. The second-order valence-electron chi connectivity index (χ2n) is 5.34. The summed E-state index contributed by atoms with van der Waals surface area (Å²) in [7, 11) is 3.71. The molecule has 128 valence electrons. The largest absolute Gasteiger partial charge is 0.463 e. The second-order valence-corrected chi connectivity index (χ2v) is 6.77. The normalized spacial score (nSPS) is 16.3. The van der Waals surface area contributed by atoms with E-state index in [4.69, 9.17) is 16.3 Å². The molecule has 1 fully saturated rings. The van der Waals surface area contributed by atoms with E-state index in [1.54, 1.807) is 30.3 Å². The molecule has 0 spiro atoms. The minimum absolute atomic E-state index is 0.211. The summed E-state index contributed by atoms with van der Waals surface area (Å²) in [6.07, 6.45) is 1.60. The maximum absolute atomic E-state index is 12.3. The Morgan fingerprint density at radius 1 is 1.29 bits per heavy atom. The highest BCUT2D eigenvalue weighted by molar-refractivity contribution is 8.18. The Morgan fingerprint density at radius 3 is 2.58 bits per heavy atom. The molecule has 2 amide bonds. The quantitative estimate of drug-likeness (QED) is 0.567. The Balaban J connectivity index is 1.98. The number of benzene rings is 1. The van der Waals surface area contributed by atoms with Gasteiger partial charge in [-0.2, -0.15) is 0 Å². The van der Waals surface area contributed by atoms with Gasteiger partial charge in [0.05, 0.1) is 4.91 Å². The summed E-state index contributed by atoms with van der Waals surface area (Å²) in [5, 5.41) is 0.102. The molecule has 0 saturated carbocycles. The van der Waals surface area contributed by atoms with Gasteiger partial charge in [-0.15, -0.1) is 0 Å². The molecule has 0 aliphatic carbocycles. The van der Waals surface area contributed by atoms with E-state index in [1.807, 2.05) is 19.0 Å². The Bertz CT molecular complexity index is 673. The number of nitrogens with zero attached hydrogens (tertiary/aromatic N) is 2. The topological polar surface area (TPSA) is 66.9 Å². The smallest absolute Gasteiger partial charge is 0.326 e. The van der Waals surface area contributed by atoms with Gasteiger partial charge in [-0.05, 0) is 49.6 Å². The molecule has 1 aromatic carbocycles. The lowest BCUT2D eigenvalue weighted by atomic mass is 10.2. The monoisotopic (exact) mass is 368 g/mol. The van der Waals surface area contributed by atoms with Crippen LogP contribution in [0.25, 0.3) is 6.08 Å². The first-order valence-corrected chi connectivity index (χ1v) is 8.37. The first-order valence-electron chi connectivity index (χ1n) is 7.18. The number of halogens is 1. The van der Waals surface area contributed by atoms with Gasteiger partial charge in [0.1, 0.15) is 13.2 Å². The first-order chi connectivity index (χ1) is 11.4. The second kappa shape index (κ2) is 8.32. The van der Waals surface area contributed by atoms with Crippen molar-refractivity contribution in [2.24, 2.45) is 0 Å². The molecule has 0 bridgehead atoms. The van der Waals surface area contributed by atoms with Gasteiger partial charge in [-0.1, -0.05) is 23.7 Å². The molecule has 1 aromatic rings. The van der Waals surface area contributed by atoms with E-state index in [1.165, 1.54) is 0 Å². The highest BCUT2D eigenvalue weighted by Crippen LogP contribution is 2.32. The van der Waals surface area contributed by atoms with Crippen molar-refractivity contribution in [1.29, 1.82) is 0 Å². The standard InChI is InChI=1S/C16H17ClN2O4S/c1-18(2)7-8-23-14(20)10-19-15(21)13(24-16(19)22)9-11-3-5-12(17)6-4-11/h3-6,9H,7-8,10H2,1-2H3. The van der Waals surface area contributed by atoms with Gasteiger partial charge in [0.15, 0.2) is 0 Å². The van der Waals surface area contributed by atoms with Crippen LogP contribution < -0.4 is 0 Å². The molecular weight excluding hydrogens is 352 g/mol. The van der Waals surface area contributed by atoms with Gasteiger partial charge in [0.25, 0.3) is 11.1 Å². The number of hydrogen-bond donors (Lipinski definition) is 0. The van der Waals surface area contributed by atoms with Crippen molar-refractivity contribution in [3.8, 4) is 0 Å². The molecule has 0 unspecified atom stereocenters. The number of likely N-dealkylation sites (N-methyl/N-ethyl adjacent to an activating group) is 1. The van der Waals surface area contributed by atoms with E-state index in [0.717, 1.165) is 22.2 Å². The molecule has 1 heterocycles. The van der Waals surface area contributed by atoms with Crippen molar-refractivity contribution >= 4 is 46.6 Å². The minimum atomic E-state index is -0.605. The Kier molecular flexibility index (Phi) is 6.42. The number of carbonyl (C=O) groups is 3. The molecule has 0 N–H and O–H groups in total. The van der Waals surface area contributed by atoms with Crippen LogP contribution in [0.3, 0.4) is 0 Å². The molecule has 1 aliphatic rings. The molecule has 1 saturated heterocycles. The van der Waals surface area contributed by atoms with Crippen molar-refractivity contribution in [2.75, 3.05) is 33.8 Å². The summed E-state index contributed by atoms with van der Waals surface area (Å²) in [5.74, 6) is -1.10. The highest BCUT2D eigenvalue weighted by Gasteiger charge is 2.36. The number of amides is 2. The van der Waals surface area contributed by atoms with Crippen LogP contribution in [0.5, 0.6) is 0 Å². The zero-order valence-electron chi connectivity index (χ0n) is 13.3. The van der Waals surface area contributed by atoms with Gasteiger partial charge >= 0.3 is 5.97 Å². The van der Waals surface area contributed by atoms with Crippen LogP contribution in [-0.4, -0.2) is 60.7 Å². The average molecular weight is 369 g/mol. The number of hydrogen-bond acceptors (Lipinski definition) is 6. The molecule has 0 radical (unpaired) electrons. The number of imide groups is 1. The first kappa shape index (κ1) is 18.5. The van der Waals surface area contributed by atoms with Crippen LogP contribution >= 0.6 is 23.4 Å². The molecule has 6 nitrogen and oxygen atoms in total. The van der Waals surface area contributed by atoms with Crippen molar-refractivity contribution in [1.82, 2.24) is 9.80 Å². The van der Waals surface area contributed by atoms with Gasteiger partial charge in [-0.25, -0.2) is 0 Å². The van der Waals surface area contributed by atoms with E-state index in [-0.39, 0.29) is 18.1 Å². The van der Waals surface area contributed by atoms with E-state index in [2.05, 4.69) is 0 Å². The molecule has 2 rings (SSSR count). The van der Waals surface area contributed by atoms with Gasteiger partial charge in [-0.3, -0.25) is 19.3 Å². The summed E-state index contributed by atoms with van der Waals surface area (Å²) in [5.41, 5.74) is 0.749. The Morgan fingerprint density at radius 2 is 1.96 bits per heavy atom. The van der Waals surface area contributed by atoms with E-state index in [0.29, 0.717) is 11.6 Å². The molecular formula is C16H17ClN2O4S. The van der Waals surface area contributed by atoms with Crippen LogP contribution in [0.1, 0.15) is 5.56 Å². The van der Waals surface area contributed by atoms with E-state index < -0.39 is 17.1 Å². The van der Waals surface area contributed by atoms with Gasteiger partial charge in [0.2, 0.25) is 0 Å². The molecule has 0 aromatic heterocycles. The Hall–Kier alpha value is -1.83. The number of thioether (sulfide) groups is 1. The average Bonchev–Trinajstić information content (AvgIpc) is 2.77. The van der Waals surface area contributed by atoms with E-state index >= 15 is 0 Å². The zero-order valence-corrected chi connectivity index (χ0v) is 14.9. The van der Waals surface area contributed by atoms with Gasteiger partial charge < -0.3 is 9.64 Å². The third-order valence-electron chi connectivity index (χ3n) is 3.13. The third-order valence-corrected chi connectivity index (χ3v) is 4.29. The van der Waals surface area contributed by atoms with Crippen molar-refractivity contribution < 1.29 is 19.1 Å². The number of esters is 1. The summed E-state index contributed by atoms with van der Waals surface area (Å²) >= 11 is 6.61. The zero-order chi connectivity index (χ0) is 17.7. The highest BCUT2D eigenvalue weighted by atomic mass is 35.5.